The van der Waals surface area contributed by atoms with E-state index in [2.05, 4.69) is 54.1 Å². The average Bonchev–Trinajstić information content (AvgIpc) is 3.40. The Morgan fingerprint density at radius 2 is 1.58 bits per heavy atom. The van der Waals surface area contributed by atoms with E-state index in [-0.39, 0.29) is 5.92 Å². The Hall–Kier alpha value is -3.49. The molecule has 0 radical (unpaired) electrons. The lowest BCUT2D eigenvalue weighted by Crippen LogP contribution is -2.51. The lowest BCUT2D eigenvalue weighted by atomic mass is 9.95. The highest BCUT2D eigenvalue weighted by molar-refractivity contribution is 5.79. The van der Waals surface area contributed by atoms with Gasteiger partial charge in [0.15, 0.2) is 5.82 Å². The van der Waals surface area contributed by atoms with Crippen molar-refractivity contribution in [2.45, 2.75) is 12.8 Å². The summed E-state index contributed by atoms with van der Waals surface area (Å²) < 4.78 is 1.62. The van der Waals surface area contributed by atoms with Gasteiger partial charge < -0.3 is 14.7 Å². The van der Waals surface area contributed by atoms with Crippen molar-refractivity contribution in [1.29, 1.82) is 0 Å². The summed E-state index contributed by atoms with van der Waals surface area (Å²) in [6.07, 6.45) is 6.35. The average molecular weight is 419 g/mol. The molecule has 5 rings (SSSR count). The van der Waals surface area contributed by atoms with Crippen molar-refractivity contribution in [3.63, 3.8) is 0 Å². The molecule has 160 valence electrons. The number of rotatable bonds is 4. The third kappa shape index (κ3) is 4.21. The molecule has 9 heteroatoms. The van der Waals surface area contributed by atoms with Gasteiger partial charge in [-0.2, -0.15) is 5.10 Å². The van der Waals surface area contributed by atoms with Crippen LogP contribution in [-0.4, -0.2) is 74.8 Å². The van der Waals surface area contributed by atoms with Gasteiger partial charge in [-0.1, -0.05) is 18.2 Å². The van der Waals surface area contributed by atoms with Crippen molar-refractivity contribution in [2.24, 2.45) is 5.92 Å². The minimum absolute atomic E-state index is 0.0937. The van der Waals surface area contributed by atoms with E-state index in [1.165, 1.54) is 12.0 Å². The summed E-state index contributed by atoms with van der Waals surface area (Å²) in [6.45, 7) is 4.99. The van der Waals surface area contributed by atoms with Crippen LogP contribution in [0.4, 0.5) is 11.5 Å². The second-order valence-corrected chi connectivity index (χ2v) is 7.98. The molecule has 2 aliphatic heterocycles. The smallest absolute Gasteiger partial charge is 0.225 e. The number of aromatic nitrogens is 5. The van der Waals surface area contributed by atoms with Gasteiger partial charge in [-0.15, -0.1) is 0 Å². The van der Waals surface area contributed by atoms with Gasteiger partial charge in [-0.05, 0) is 25.0 Å². The number of piperazine rings is 1. The van der Waals surface area contributed by atoms with Gasteiger partial charge in [0.1, 0.15) is 24.8 Å². The van der Waals surface area contributed by atoms with E-state index in [4.69, 9.17) is 0 Å². The van der Waals surface area contributed by atoms with Crippen LogP contribution in [0.2, 0.25) is 0 Å². The SMILES string of the molecule is O=C(C1CCN(c2cc(-n3cncn3)ncn2)CC1)N1CCN(c2ccccc2)CC1. The van der Waals surface area contributed by atoms with Gasteiger partial charge in [0, 0.05) is 56.9 Å². The molecule has 0 N–H and O–H groups in total. The molecule has 2 aliphatic rings. The van der Waals surface area contributed by atoms with E-state index >= 15 is 0 Å². The Kier molecular flexibility index (Phi) is 5.47. The van der Waals surface area contributed by atoms with E-state index in [1.54, 1.807) is 17.3 Å². The van der Waals surface area contributed by atoms with Gasteiger partial charge in [-0.25, -0.2) is 19.6 Å². The summed E-state index contributed by atoms with van der Waals surface area (Å²) in [5, 5.41) is 4.13. The van der Waals surface area contributed by atoms with Crippen LogP contribution in [0.1, 0.15) is 12.8 Å². The molecular formula is C22H26N8O. The molecule has 0 atom stereocenters. The maximum Gasteiger partial charge on any atom is 0.225 e. The molecule has 2 aromatic heterocycles. The van der Waals surface area contributed by atoms with Gasteiger partial charge in [0.25, 0.3) is 0 Å². The highest BCUT2D eigenvalue weighted by Gasteiger charge is 2.31. The van der Waals surface area contributed by atoms with Gasteiger partial charge >= 0.3 is 0 Å². The molecule has 3 aromatic rings. The Morgan fingerprint density at radius 1 is 0.839 bits per heavy atom. The Labute approximate surface area is 181 Å². The minimum atomic E-state index is 0.0937. The fourth-order valence-corrected chi connectivity index (χ4v) is 4.40. The monoisotopic (exact) mass is 418 g/mol. The highest BCUT2D eigenvalue weighted by Crippen LogP contribution is 2.25. The Bertz CT molecular complexity index is 993. The first-order valence-electron chi connectivity index (χ1n) is 10.8. The van der Waals surface area contributed by atoms with Crippen LogP contribution in [0.15, 0.2) is 55.4 Å². The van der Waals surface area contributed by atoms with Crippen LogP contribution in [0.3, 0.4) is 0 Å². The van der Waals surface area contributed by atoms with Crippen LogP contribution in [-0.2, 0) is 4.79 Å². The molecule has 2 saturated heterocycles. The molecule has 0 saturated carbocycles. The van der Waals surface area contributed by atoms with Crippen LogP contribution in [0.25, 0.3) is 5.82 Å². The molecular weight excluding hydrogens is 392 g/mol. The summed E-state index contributed by atoms with van der Waals surface area (Å²) in [5.41, 5.74) is 1.23. The normalized spacial score (nSPS) is 17.7. The number of carbonyl (C=O) groups is 1. The van der Waals surface area contributed by atoms with E-state index in [1.807, 2.05) is 17.0 Å². The lowest BCUT2D eigenvalue weighted by molar-refractivity contribution is -0.136. The standard InChI is InChI=1S/C22H26N8O/c31-22(29-12-10-27(11-13-29)19-4-2-1-3-5-19)18-6-8-28(9-7-18)20-14-21(25-16-24-20)30-17-23-15-26-30/h1-5,14-18H,6-13H2. The first-order chi connectivity index (χ1) is 15.3. The molecule has 0 aliphatic carbocycles. The number of carbonyl (C=O) groups excluding carboxylic acids is 1. The predicted octanol–water partition coefficient (Wildman–Crippen LogP) is 1.62. The molecule has 4 heterocycles. The molecule has 0 bridgehead atoms. The maximum absolute atomic E-state index is 13.1. The quantitative estimate of drug-likeness (QED) is 0.637. The summed E-state index contributed by atoms with van der Waals surface area (Å²) in [6, 6.07) is 12.3. The third-order valence-corrected chi connectivity index (χ3v) is 6.17. The molecule has 1 amide bonds. The van der Waals surface area contributed by atoms with Gasteiger partial charge in [0.2, 0.25) is 5.91 Å². The zero-order valence-corrected chi connectivity index (χ0v) is 17.4. The number of benzene rings is 1. The summed E-state index contributed by atoms with van der Waals surface area (Å²) in [4.78, 5) is 32.4. The van der Waals surface area contributed by atoms with E-state index in [9.17, 15) is 4.79 Å². The second kappa shape index (κ2) is 8.71. The first kappa shape index (κ1) is 19.5. The predicted molar refractivity (Wildman–Crippen MR) is 117 cm³/mol. The number of nitrogens with zero attached hydrogens (tertiary/aromatic N) is 8. The van der Waals surface area contributed by atoms with E-state index < -0.39 is 0 Å². The molecule has 0 spiro atoms. The summed E-state index contributed by atoms with van der Waals surface area (Å²) >= 11 is 0. The number of hydrogen-bond acceptors (Lipinski definition) is 7. The summed E-state index contributed by atoms with van der Waals surface area (Å²) in [7, 11) is 0. The maximum atomic E-state index is 13.1. The van der Waals surface area contributed by atoms with Crippen molar-refractivity contribution in [3.8, 4) is 5.82 Å². The van der Waals surface area contributed by atoms with Crippen LogP contribution < -0.4 is 9.80 Å². The fourth-order valence-electron chi connectivity index (χ4n) is 4.40. The minimum Gasteiger partial charge on any atom is -0.368 e. The largest absolute Gasteiger partial charge is 0.368 e. The first-order valence-corrected chi connectivity index (χ1v) is 10.8. The van der Waals surface area contributed by atoms with Crippen molar-refractivity contribution in [2.75, 3.05) is 49.1 Å². The Morgan fingerprint density at radius 3 is 2.29 bits per heavy atom. The topological polar surface area (TPSA) is 83.3 Å². The molecule has 31 heavy (non-hydrogen) atoms. The third-order valence-electron chi connectivity index (χ3n) is 6.17. The van der Waals surface area contributed by atoms with Crippen molar-refractivity contribution >= 4 is 17.4 Å². The van der Waals surface area contributed by atoms with Crippen molar-refractivity contribution in [3.05, 3.63) is 55.4 Å². The lowest BCUT2D eigenvalue weighted by Gasteiger charge is -2.39. The fraction of sp³-hybridized carbons (Fsp3) is 0.409. The van der Waals surface area contributed by atoms with Crippen molar-refractivity contribution < 1.29 is 4.79 Å². The number of anilines is 2. The number of hydrogen-bond donors (Lipinski definition) is 0. The molecule has 2 fully saturated rings. The second-order valence-electron chi connectivity index (χ2n) is 7.98. The number of piperidine rings is 1. The molecule has 9 nitrogen and oxygen atoms in total. The summed E-state index contributed by atoms with van der Waals surface area (Å²) in [5.74, 6) is 1.95. The van der Waals surface area contributed by atoms with Crippen LogP contribution >= 0.6 is 0 Å². The molecule has 1 aromatic carbocycles. The van der Waals surface area contributed by atoms with Gasteiger partial charge in [-0.3, -0.25) is 4.79 Å². The van der Waals surface area contributed by atoms with Gasteiger partial charge in [0.05, 0.1) is 0 Å². The number of para-hydroxylation sites is 1. The Balaban J connectivity index is 1.15. The number of amides is 1. The highest BCUT2D eigenvalue weighted by atomic mass is 16.2. The zero-order valence-electron chi connectivity index (χ0n) is 17.4. The van der Waals surface area contributed by atoms with Crippen molar-refractivity contribution in [1.82, 2.24) is 29.6 Å². The zero-order chi connectivity index (χ0) is 21.0. The van der Waals surface area contributed by atoms with Crippen LogP contribution in [0.5, 0.6) is 0 Å². The van der Waals surface area contributed by atoms with E-state index in [0.29, 0.717) is 11.7 Å². The molecule has 0 unspecified atom stereocenters. The van der Waals surface area contributed by atoms with Crippen LogP contribution in [0, 0.1) is 5.92 Å². The van der Waals surface area contributed by atoms with E-state index in [0.717, 1.165) is 57.9 Å².